The second kappa shape index (κ2) is 8.05. The number of hydrogen-bond acceptors (Lipinski definition) is 3. The monoisotopic (exact) mass is 277 g/mol. The Hall–Kier alpha value is -1.35. The molecule has 0 spiro atoms. The number of carbonyl (C=O) groups is 1. The molecule has 1 aromatic carbocycles. The minimum atomic E-state index is -0.126. The lowest BCUT2D eigenvalue weighted by Crippen LogP contribution is -2.43. The summed E-state index contributed by atoms with van der Waals surface area (Å²) in [6.45, 7) is 9.18. The van der Waals surface area contributed by atoms with E-state index in [0.717, 1.165) is 12.8 Å². The summed E-state index contributed by atoms with van der Waals surface area (Å²) in [5.41, 5.74) is 1.36. The summed E-state index contributed by atoms with van der Waals surface area (Å²) in [6, 6.07) is 10.5. The summed E-state index contributed by atoms with van der Waals surface area (Å²) in [4.78, 5) is 11.6. The van der Waals surface area contributed by atoms with Gasteiger partial charge in [0.25, 0.3) is 0 Å². The van der Waals surface area contributed by atoms with Crippen molar-refractivity contribution < 1.29 is 9.53 Å². The highest BCUT2D eigenvalue weighted by Gasteiger charge is 2.21. The maximum absolute atomic E-state index is 11.6. The second-order valence-electron chi connectivity index (χ2n) is 5.90. The van der Waals surface area contributed by atoms with Crippen LogP contribution in [-0.2, 0) is 16.0 Å². The van der Waals surface area contributed by atoms with E-state index in [1.54, 1.807) is 0 Å². The van der Waals surface area contributed by atoms with Gasteiger partial charge in [0.2, 0.25) is 0 Å². The number of rotatable bonds is 8. The quantitative estimate of drug-likeness (QED) is 0.742. The lowest BCUT2D eigenvalue weighted by atomic mass is 9.94. The van der Waals surface area contributed by atoms with Crippen LogP contribution in [0.15, 0.2) is 30.3 Å². The Balaban J connectivity index is 2.35. The number of hydrogen-bond donors (Lipinski definition) is 1. The fourth-order valence-corrected chi connectivity index (χ4v) is 1.99. The topological polar surface area (TPSA) is 38.3 Å². The van der Waals surface area contributed by atoms with Crippen molar-refractivity contribution in [3.8, 4) is 0 Å². The Morgan fingerprint density at radius 1 is 1.30 bits per heavy atom. The fraction of sp³-hybridized carbons (Fsp3) is 0.588. The lowest BCUT2D eigenvalue weighted by Gasteiger charge is -2.28. The van der Waals surface area contributed by atoms with Gasteiger partial charge < -0.3 is 10.1 Å². The molecule has 0 saturated heterocycles. The Kier molecular flexibility index (Phi) is 6.73. The van der Waals surface area contributed by atoms with E-state index >= 15 is 0 Å². The predicted molar refractivity (Wildman–Crippen MR) is 82.6 cm³/mol. The molecule has 0 saturated carbocycles. The van der Waals surface area contributed by atoms with Crippen molar-refractivity contribution >= 4 is 5.97 Å². The number of nitrogens with one attached hydrogen (secondary N) is 1. The van der Waals surface area contributed by atoms with Gasteiger partial charge in [0.1, 0.15) is 0 Å². The predicted octanol–water partition coefficient (Wildman–Crippen LogP) is 3.19. The SMILES string of the molecule is CCOC(=O)C(C)CNC(C)(C)CCc1ccccc1. The van der Waals surface area contributed by atoms with Gasteiger partial charge in [0.15, 0.2) is 0 Å². The summed E-state index contributed by atoms with van der Waals surface area (Å²) >= 11 is 0. The highest BCUT2D eigenvalue weighted by atomic mass is 16.5. The minimum absolute atomic E-state index is 0.0105. The van der Waals surface area contributed by atoms with E-state index in [0.29, 0.717) is 13.2 Å². The van der Waals surface area contributed by atoms with Crippen molar-refractivity contribution in [2.24, 2.45) is 5.92 Å². The van der Waals surface area contributed by atoms with Crippen LogP contribution in [0.4, 0.5) is 0 Å². The van der Waals surface area contributed by atoms with Crippen molar-refractivity contribution in [3.63, 3.8) is 0 Å². The molecule has 0 aliphatic carbocycles. The highest BCUT2D eigenvalue weighted by Crippen LogP contribution is 2.14. The largest absolute Gasteiger partial charge is 0.466 e. The standard InChI is InChI=1S/C17H27NO2/c1-5-20-16(19)14(2)13-18-17(3,4)12-11-15-9-7-6-8-10-15/h6-10,14,18H,5,11-13H2,1-4H3. The summed E-state index contributed by atoms with van der Waals surface area (Å²) in [6.07, 6.45) is 2.07. The molecule has 3 heteroatoms. The van der Waals surface area contributed by atoms with E-state index in [4.69, 9.17) is 4.74 Å². The van der Waals surface area contributed by atoms with Crippen LogP contribution in [-0.4, -0.2) is 24.7 Å². The number of esters is 1. The fourth-order valence-electron chi connectivity index (χ4n) is 1.99. The highest BCUT2D eigenvalue weighted by molar-refractivity contribution is 5.72. The Labute approximate surface area is 122 Å². The van der Waals surface area contributed by atoms with Gasteiger partial charge in [0.05, 0.1) is 12.5 Å². The molecule has 0 aliphatic heterocycles. The van der Waals surface area contributed by atoms with Crippen LogP contribution in [0.5, 0.6) is 0 Å². The molecule has 0 radical (unpaired) electrons. The summed E-state index contributed by atoms with van der Waals surface area (Å²) < 4.78 is 5.02. The number of carbonyl (C=O) groups excluding carboxylic acids is 1. The molecule has 0 bridgehead atoms. The van der Waals surface area contributed by atoms with Crippen LogP contribution in [0.25, 0.3) is 0 Å². The summed E-state index contributed by atoms with van der Waals surface area (Å²) in [5, 5.41) is 3.47. The van der Waals surface area contributed by atoms with Gasteiger partial charge in [0, 0.05) is 12.1 Å². The average Bonchev–Trinajstić information content (AvgIpc) is 2.44. The zero-order valence-corrected chi connectivity index (χ0v) is 13.1. The Bertz CT molecular complexity index is 401. The maximum atomic E-state index is 11.6. The molecule has 1 unspecified atom stereocenters. The normalized spacial score (nSPS) is 13.0. The van der Waals surface area contributed by atoms with Crippen LogP contribution in [0.3, 0.4) is 0 Å². The van der Waals surface area contributed by atoms with Crippen molar-refractivity contribution in [1.29, 1.82) is 0 Å². The zero-order valence-electron chi connectivity index (χ0n) is 13.1. The van der Waals surface area contributed by atoms with Gasteiger partial charge >= 0.3 is 5.97 Å². The van der Waals surface area contributed by atoms with Gasteiger partial charge in [-0.3, -0.25) is 4.79 Å². The van der Waals surface area contributed by atoms with Crippen molar-refractivity contribution in [1.82, 2.24) is 5.32 Å². The summed E-state index contributed by atoms with van der Waals surface area (Å²) in [5.74, 6) is -0.232. The maximum Gasteiger partial charge on any atom is 0.309 e. The molecule has 1 N–H and O–H groups in total. The Morgan fingerprint density at radius 2 is 1.95 bits per heavy atom. The van der Waals surface area contributed by atoms with Gasteiger partial charge in [-0.05, 0) is 39.2 Å². The van der Waals surface area contributed by atoms with Crippen LogP contribution in [0.2, 0.25) is 0 Å². The molecule has 112 valence electrons. The Morgan fingerprint density at radius 3 is 2.55 bits per heavy atom. The van der Waals surface area contributed by atoms with Crippen molar-refractivity contribution in [3.05, 3.63) is 35.9 Å². The first-order valence-corrected chi connectivity index (χ1v) is 7.40. The molecule has 1 aromatic rings. The van der Waals surface area contributed by atoms with Gasteiger partial charge in [-0.2, -0.15) is 0 Å². The molecular weight excluding hydrogens is 250 g/mol. The van der Waals surface area contributed by atoms with E-state index in [2.05, 4.69) is 43.4 Å². The van der Waals surface area contributed by atoms with Crippen LogP contribution < -0.4 is 5.32 Å². The van der Waals surface area contributed by atoms with E-state index in [1.165, 1.54) is 5.56 Å². The average molecular weight is 277 g/mol. The third-order valence-electron chi connectivity index (χ3n) is 3.46. The first kappa shape index (κ1) is 16.7. The lowest BCUT2D eigenvalue weighted by molar-refractivity contribution is -0.147. The zero-order chi connectivity index (χ0) is 15.0. The molecule has 3 nitrogen and oxygen atoms in total. The number of aryl methyl sites for hydroxylation is 1. The molecule has 0 heterocycles. The van der Waals surface area contributed by atoms with Crippen LogP contribution in [0.1, 0.15) is 39.7 Å². The smallest absolute Gasteiger partial charge is 0.309 e. The molecule has 0 aromatic heterocycles. The van der Waals surface area contributed by atoms with E-state index in [1.807, 2.05) is 19.9 Å². The van der Waals surface area contributed by atoms with Crippen molar-refractivity contribution in [2.45, 2.75) is 46.1 Å². The minimum Gasteiger partial charge on any atom is -0.466 e. The number of benzene rings is 1. The second-order valence-corrected chi connectivity index (χ2v) is 5.90. The third kappa shape index (κ3) is 6.20. The number of ether oxygens (including phenoxy) is 1. The molecule has 0 aliphatic rings. The van der Waals surface area contributed by atoms with Gasteiger partial charge in [-0.1, -0.05) is 37.3 Å². The molecule has 20 heavy (non-hydrogen) atoms. The van der Waals surface area contributed by atoms with Crippen molar-refractivity contribution in [2.75, 3.05) is 13.2 Å². The molecule has 1 rings (SSSR count). The summed E-state index contributed by atoms with van der Waals surface area (Å²) in [7, 11) is 0. The van der Waals surface area contributed by atoms with Crippen LogP contribution >= 0.6 is 0 Å². The van der Waals surface area contributed by atoms with E-state index in [-0.39, 0.29) is 17.4 Å². The molecule has 0 amide bonds. The first-order valence-electron chi connectivity index (χ1n) is 7.40. The van der Waals surface area contributed by atoms with Crippen LogP contribution in [0, 0.1) is 5.92 Å². The van der Waals surface area contributed by atoms with E-state index in [9.17, 15) is 4.79 Å². The molecule has 1 atom stereocenters. The molecule has 0 fully saturated rings. The third-order valence-corrected chi connectivity index (χ3v) is 3.46. The molecular formula is C17H27NO2. The first-order chi connectivity index (χ1) is 9.44. The van der Waals surface area contributed by atoms with Gasteiger partial charge in [-0.25, -0.2) is 0 Å². The van der Waals surface area contributed by atoms with E-state index < -0.39 is 0 Å². The van der Waals surface area contributed by atoms with Gasteiger partial charge in [-0.15, -0.1) is 0 Å².